The Morgan fingerprint density at radius 3 is 2.88 bits per heavy atom. The quantitative estimate of drug-likeness (QED) is 0.708. The van der Waals surface area contributed by atoms with E-state index >= 15 is 0 Å². The van der Waals surface area contributed by atoms with Gasteiger partial charge in [0.15, 0.2) is 6.61 Å². The summed E-state index contributed by atoms with van der Waals surface area (Å²) in [6.07, 6.45) is 0. The molecule has 7 heteroatoms. The van der Waals surface area contributed by atoms with Crippen LogP contribution in [-0.2, 0) is 9.53 Å². The number of aryl methyl sites for hydroxylation is 1. The number of amides is 1. The van der Waals surface area contributed by atoms with Crippen LogP contribution < -0.4 is 4.74 Å². The van der Waals surface area contributed by atoms with Gasteiger partial charge in [0, 0.05) is 29.9 Å². The molecule has 1 saturated heterocycles. The van der Waals surface area contributed by atoms with Gasteiger partial charge in [0.25, 0.3) is 5.91 Å². The fraction of sp³-hybridized carbons (Fsp3) is 0.316. The van der Waals surface area contributed by atoms with Crippen molar-refractivity contribution in [3.8, 4) is 17.1 Å². The zero-order valence-electron chi connectivity index (χ0n) is 14.5. The SMILES string of the molecule is Cc1cc(-c2cscn2)nc2cc(OCC(=O)N3CCOCC3)ccc12. The molecule has 1 aliphatic heterocycles. The Kier molecular flexibility index (Phi) is 4.81. The first-order valence-corrected chi connectivity index (χ1v) is 9.43. The van der Waals surface area contributed by atoms with Crippen molar-refractivity contribution in [3.63, 3.8) is 0 Å². The number of hydrogen-bond donors (Lipinski definition) is 0. The number of morpholine rings is 1. The highest BCUT2D eigenvalue weighted by molar-refractivity contribution is 7.07. The van der Waals surface area contributed by atoms with Gasteiger partial charge in [0.1, 0.15) is 5.75 Å². The molecule has 1 amide bonds. The number of carbonyl (C=O) groups excluding carboxylic acids is 1. The molecule has 2 aromatic heterocycles. The topological polar surface area (TPSA) is 64.6 Å². The Balaban J connectivity index is 1.53. The van der Waals surface area contributed by atoms with E-state index in [4.69, 9.17) is 14.5 Å². The summed E-state index contributed by atoms with van der Waals surface area (Å²) in [6.45, 7) is 4.50. The molecule has 134 valence electrons. The summed E-state index contributed by atoms with van der Waals surface area (Å²) >= 11 is 1.55. The molecule has 0 aliphatic carbocycles. The summed E-state index contributed by atoms with van der Waals surface area (Å²) in [5.41, 5.74) is 5.48. The normalized spacial score (nSPS) is 14.6. The number of pyridine rings is 1. The lowest BCUT2D eigenvalue weighted by Crippen LogP contribution is -2.42. The summed E-state index contributed by atoms with van der Waals surface area (Å²) in [5.74, 6) is 0.621. The summed E-state index contributed by atoms with van der Waals surface area (Å²) in [4.78, 5) is 23.0. The molecule has 0 atom stereocenters. The molecule has 6 nitrogen and oxygen atoms in total. The summed E-state index contributed by atoms with van der Waals surface area (Å²) in [6, 6.07) is 7.79. The van der Waals surface area contributed by atoms with Gasteiger partial charge in [-0.05, 0) is 30.7 Å². The second-order valence-electron chi connectivity index (χ2n) is 6.16. The zero-order valence-corrected chi connectivity index (χ0v) is 15.3. The van der Waals surface area contributed by atoms with Crippen molar-refractivity contribution in [3.05, 3.63) is 40.7 Å². The van der Waals surface area contributed by atoms with Crippen LogP contribution in [0.5, 0.6) is 5.75 Å². The van der Waals surface area contributed by atoms with E-state index < -0.39 is 0 Å². The number of thiazole rings is 1. The maximum Gasteiger partial charge on any atom is 0.260 e. The van der Waals surface area contributed by atoms with Crippen LogP contribution in [0.15, 0.2) is 35.2 Å². The summed E-state index contributed by atoms with van der Waals surface area (Å²) in [5, 5.41) is 3.05. The molecule has 0 unspecified atom stereocenters. The van der Waals surface area contributed by atoms with Crippen molar-refractivity contribution in [2.75, 3.05) is 32.9 Å². The highest BCUT2D eigenvalue weighted by Crippen LogP contribution is 2.27. The standard InChI is InChI=1S/C19H19N3O3S/c1-13-8-17(18-11-26-12-20-18)21-16-9-14(2-3-15(13)16)25-10-19(23)22-4-6-24-7-5-22/h2-3,8-9,11-12H,4-7,10H2,1H3. The average molecular weight is 369 g/mol. The minimum Gasteiger partial charge on any atom is -0.484 e. The van der Waals surface area contributed by atoms with Crippen LogP contribution in [0.4, 0.5) is 0 Å². The molecule has 26 heavy (non-hydrogen) atoms. The Bertz CT molecular complexity index is 921. The molecule has 4 rings (SSSR count). The van der Waals surface area contributed by atoms with Gasteiger partial charge in [-0.25, -0.2) is 9.97 Å². The highest BCUT2D eigenvalue weighted by atomic mass is 32.1. The van der Waals surface area contributed by atoms with Gasteiger partial charge in [0.2, 0.25) is 0 Å². The van der Waals surface area contributed by atoms with Gasteiger partial charge in [0.05, 0.1) is 35.6 Å². The molecule has 0 bridgehead atoms. The van der Waals surface area contributed by atoms with E-state index in [2.05, 4.69) is 11.9 Å². The van der Waals surface area contributed by atoms with E-state index in [9.17, 15) is 4.79 Å². The molecule has 3 aromatic rings. The first-order chi connectivity index (χ1) is 12.7. The van der Waals surface area contributed by atoms with E-state index in [-0.39, 0.29) is 12.5 Å². The third kappa shape index (κ3) is 3.54. The minimum atomic E-state index is -0.0197. The monoisotopic (exact) mass is 369 g/mol. The third-order valence-corrected chi connectivity index (χ3v) is 5.00. The minimum absolute atomic E-state index is 0.0197. The predicted molar refractivity (Wildman–Crippen MR) is 100 cm³/mol. The first-order valence-electron chi connectivity index (χ1n) is 8.49. The Morgan fingerprint density at radius 2 is 2.12 bits per heavy atom. The van der Waals surface area contributed by atoms with Crippen LogP contribution in [0.1, 0.15) is 5.56 Å². The van der Waals surface area contributed by atoms with Gasteiger partial charge in [-0.15, -0.1) is 11.3 Å². The fourth-order valence-corrected chi connectivity index (χ4v) is 3.54. The number of rotatable bonds is 4. The van der Waals surface area contributed by atoms with Crippen molar-refractivity contribution in [2.24, 2.45) is 0 Å². The third-order valence-electron chi connectivity index (χ3n) is 4.41. The number of fused-ring (bicyclic) bond motifs is 1. The number of benzene rings is 1. The molecular formula is C19H19N3O3S. The molecule has 0 spiro atoms. The molecule has 0 radical (unpaired) electrons. The highest BCUT2D eigenvalue weighted by Gasteiger charge is 2.17. The van der Waals surface area contributed by atoms with E-state index in [1.54, 1.807) is 21.7 Å². The van der Waals surface area contributed by atoms with Crippen LogP contribution >= 0.6 is 11.3 Å². The van der Waals surface area contributed by atoms with Gasteiger partial charge in [-0.2, -0.15) is 0 Å². The lowest BCUT2D eigenvalue weighted by Gasteiger charge is -2.26. The van der Waals surface area contributed by atoms with Crippen molar-refractivity contribution in [1.29, 1.82) is 0 Å². The number of aromatic nitrogens is 2. The summed E-state index contributed by atoms with van der Waals surface area (Å²) < 4.78 is 11.0. The van der Waals surface area contributed by atoms with E-state index in [0.29, 0.717) is 32.1 Å². The number of ether oxygens (including phenoxy) is 2. The number of carbonyl (C=O) groups is 1. The fourth-order valence-electron chi connectivity index (χ4n) is 2.99. The lowest BCUT2D eigenvalue weighted by molar-refractivity contribution is -0.137. The molecular weight excluding hydrogens is 350 g/mol. The number of hydrogen-bond acceptors (Lipinski definition) is 6. The van der Waals surface area contributed by atoms with Crippen molar-refractivity contribution < 1.29 is 14.3 Å². The molecule has 0 N–H and O–H groups in total. The van der Waals surface area contributed by atoms with Gasteiger partial charge >= 0.3 is 0 Å². The maximum atomic E-state index is 12.2. The molecule has 3 heterocycles. The van der Waals surface area contributed by atoms with Crippen LogP contribution in [-0.4, -0.2) is 53.7 Å². The average Bonchev–Trinajstić information content (AvgIpc) is 3.21. The van der Waals surface area contributed by atoms with Crippen LogP contribution in [0, 0.1) is 6.92 Å². The Morgan fingerprint density at radius 1 is 1.27 bits per heavy atom. The van der Waals surface area contributed by atoms with Crippen LogP contribution in [0.25, 0.3) is 22.3 Å². The first kappa shape index (κ1) is 16.9. The predicted octanol–water partition coefficient (Wildman–Crippen LogP) is 2.90. The van der Waals surface area contributed by atoms with Crippen LogP contribution in [0.2, 0.25) is 0 Å². The second kappa shape index (κ2) is 7.39. The van der Waals surface area contributed by atoms with Gasteiger partial charge < -0.3 is 14.4 Å². The maximum absolute atomic E-state index is 12.2. The van der Waals surface area contributed by atoms with Gasteiger partial charge in [-0.3, -0.25) is 4.79 Å². The number of nitrogens with zero attached hydrogens (tertiary/aromatic N) is 3. The molecule has 0 saturated carbocycles. The van der Waals surface area contributed by atoms with E-state index in [1.165, 1.54) is 0 Å². The van der Waals surface area contributed by atoms with E-state index in [1.807, 2.05) is 29.6 Å². The molecule has 1 aliphatic rings. The van der Waals surface area contributed by atoms with Crippen LogP contribution in [0.3, 0.4) is 0 Å². The Hall–Kier alpha value is -2.51. The van der Waals surface area contributed by atoms with E-state index in [0.717, 1.165) is 27.9 Å². The lowest BCUT2D eigenvalue weighted by atomic mass is 10.1. The molecule has 1 fully saturated rings. The summed E-state index contributed by atoms with van der Waals surface area (Å²) in [7, 11) is 0. The van der Waals surface area contributed by atoms with Crippen molar-refractivity contribution >= 4 is 28.1 Å². The largest absolute Gasteiger partial charge is 0.484 e. The van der Waals surface area contributed by atoms with Crippen molar-refractivity contribution in [1.82, 2.24) is 14.9 Å². The second-order valence-corrected chi connectivity index (χ2v) is 6.88. The smallest absolute Gasteiger partial charge is 0.260 e. The Labute approximate surface area is 155 Å². The van der Waals surface area contributed by atoms with Gasteiger partial charge in [-0.1, -0.05) is 0 Å². The molecule has 1 aromatic carbocycles. The zero-order chi connectivity index (χ0) is 17.9. The van der Waals surface area contributed by atoms with Crippen molar-refractivity contribution in [2.45, 2.75) is 6.92 Å².